The van der Waals surface area contributed by atoms with E-state index in [2.05, 4.69) is 34.5 Å². The number of rotatable bonds is 5. The number of hydrogen-bond acceptors (Lipinski definition) is 4. The van der Waals surface area contributed by atoms with Crippen LogP contribution in [-0.4, -0.2) is 56.1 Å². The Balaban J connectivity index is 1.56. The van der Waals surface area contributed by atoms with Crippen LogP contribution in [0.4, 0.5) is 0 Å². The van der Waals surface area contributed by atoms with Gasteiger partial charge in [0.05, 0.1) is 18.5 Å². The molecule has 2 fully saturated rings. The summed E-state index contributed by atoms with van der Waals surface area (Å²) in [6.45, 7) is 7.65. The third-order valence-corrected chi connectivity index (χ3v) is 5.04. The van der Waals surface area contributed by atoms with Crippen LogP contribution in [0.1, 0.15) is 5.56 Å². The van der Waals surface area contributed by atoms with E-state index in [0.29, 0.717) is 5.25 Å². The molecule has 0 spiro atoms. The number of nitrogens with one attached hydrogen (secondary N) is 1. The SMILES string of the molecule is c1ccc(SC2COC2)c(CCN2CCNCC2)c1. The molecule has 1 aromatic carbocycles. The Morgan fingerprint density at radius 2 is 2.00 bits per heavy atom. The molecule has 0 bridgehead atoms. The zero-order chi connectivity index (χ0) is 12.9. The number of nitrogens with zero attached hydrogens (tertiary/aromatic N) is 1. The highest BCUT2D eigenvalue weighted by Crippen LogP contribution is 2.30. The first-order valence-electron chi connectivity index (χ1n) is 7.17. The lowest BCUT2D eigenvalue weighted by atomic mass is 10.1. The van der Waals surface area contributed by atoms with Gasteiger partial charge in [0.25, 0.3) is 0 Å². The van der Waals surface area contributed by atoms with Crippen molar-refractivity contribution in [1.29, 1.82) is 0 Å². The molecule has 2 heterocycles. The van der Waals surface area contributed by atoms with Gasteiger partial charge in [-0.1, -0.05) is 18.2 Å². The summed E-state index contributed by atoms with van der Waals surface area (Å²) in [5.41, 5.74) is 1.50. The summed E-state index contributed by atoms with van der Waals surface area (Å²) in [4.78, 5) is 4.01. The lowest BCUT2D eigenvalue weighted by Crippen LogP contribution is -2.44. The summed E-state index contributed by atoms with van der Waals surface area (Å²) in [5.74, 6) is 0. The highest BCUT2D eigenvalue weighted by Gasteiger charge is 2.20. The van der Waals surface area contributed by atoms with Crippen LogP contribution in [0.3, 0.4) is 0 Å². The molecule has 0 amide bonds. The van der Waals surface area contributed by atoms with E-state index < -0.39 is 0 Å². The molecule has 0 radical (unpaired) electrons. The molecular weight excluding hydrogens is 256 g/mol. The van der Waals surface area contributed by atoms with Crippen LogP contribution in [0.15, 0.2) is 29.2 Å². The molecule has 0 saturated carbocycles. The Morgan fingerprint density at radius 3 is 2.74 bits per heavy atom. The molecule has 4 heteroatoms. The van der Waals surface area contributed by atoms with E-state index in [4.69, 9.17) is 4.74 Å². The quantitative estimate of drug-likeness (QED) is 0.885. The van der Waals surface area contributed by atoms with Gasteiger partial charge in [0.2, 0.25) is 0 Å². The molecule has 1 aromatic rings. The predicted octanol–water partition coefficient (Wildman–Crippen LogP) is 1.63. The molecule has 2 aliphatic heterocycles. The van der Waals surface area contributed by atoms with Crippen molar-refractivity contribution >= 4 is 11.8 Å². The molecule has 19 heavy (non-hydrogen) atoms. The summed E-state index contributed by atoms with van der Waals surface area (Å²) in [7, 11) is 0. The van der Waals surface area contributed by atoms with Crippen LogP contribution in [-0.2, 0) is 11.2 Å². The van der Waals surface area contributed by atoms with Crippen molar-refractivity contribution in [3.05, 3.63) is 29.8 Å². The van der Waals surface area contributed by atoms with Gasteiger partial charge in [-0.05, 0) is 18.1 Å². The third-order valence-electron chi connectivity index (χ3n) is 3.78. The van der Waals surface area contributed by atoms with Crippen molar-refractivity contribution in [2.24, 2.45) is 0 Å². The van der Waals surface area contributed by atoms with Gasteiger partial charge in [0.1, 0.15) is 0 Å². The van der Waals surface area contributed by atoms with E-state index in [1.54, 1.807) is 0 Å². The van der Waals surface area contributed by atoms with E-state index in [1.165, 1.54) is 30.1 Å². The molecule has 2 aliphatic rings. The first-order valence-corrected chi connectivity index (χ1v) is 8.05. The van der Waals surface area contributed by atoms with E-state index in [1.807, 2.05) is 11.8 Å². The minimum absolute atomic E-state index is 0.667. The van der Waals surface area contributed by atoms with E-state index in [0.717, 1.165) is 32.7 Å². The number of piperazine rings is 1. The highest BCUT2D eigenvalue weighted by atomic mass is 32.2. The molecule has 2 saturated heterocycles. The topological polar surface area (TPSA) is 24.5 Å². The van der Waals surface area contributed by atoms with Crippen molar-refractivity contribution in [3.63, 3.8) is 0 Å². The number of ether oxygens (including phenoxy) is 1. The van der Waals surface area contributed by atoms with Crippen LogP contribution in [0.5, 0.6) is 0 Å². The Kier molecular flexibility index (Phi) is 4.77. The van der Waals surface area contributed by atoms with Gasteiger partial charge in [-0.2, -0.15) is 0 Å². The van der Waals surface area contributed by atoms with Crippen molar-refractivity contribution in [1.82, 2.24) is 10.2 Å². The van der Waals surface area contributed by atoms with E-state index >= 15 is 0 Å². The van der Waals surface area contributed by atoms with Gasteiger partial charge in [-0.15, -0.1) is 11.8 Å². The van der Waals surface area contributed by atoms with Crippen LogP contribution >= 0.6 is 11.8 Å². The van der Waals surface area contributed by atoms with Crippen molar-refractivity contribution < 1.29 is 4.74 Å². The molecule has 0 aliphatic carbocycles. The largest absolute Gasteiger partial charge is 0.379 e. The van der Waals surface area contributed by atoms with Gasteiger partial charge < -0.3 is 15.0 Å². The van der Waals surface area contributed by atoms with Gasteiger partial charge >= 0.3 is 0 Å². The summed E-state index contributed by atoms with van der Waals surface area (Å²) in [6.07, 6.45) is 1.16. The average molecular weight is 278 g/mol. The average Bonchev–Trinajstić information content (AvgIpc) is 2.43. The fraction of sp³-hybridized carbons (Fsp3) is 0.600. The molecule has 0 unspecified atom stereocenters. The molecule has 3 nitrogen and oxygen atoms in total. The van der Waals surface area contributed by atoms with Crippen LogP contribution in [0, 0.1) is 0 Å². The first-order chi connectivity index (χ1) is 9.42. The zero-order valence-corrected chi connectivity index (χ0v) is 12.1. The van der Waals surface area contributed by atoms with Gasteiger partial charge in [0.15, 0.2) is 0 Å². The standard InChI is InChI=1S/C15H22N2OS/c1-2-4-15(19-14-11-18-12-14)13(3-1)5-8-17-9-6-16-7-10-17/h1-4,14,16H,5-12H2. The second-order valence-electron chi connectivity index (χ2n) is 5.23. The molecule has 104 valence electrons. The Labute approximate surface area is 119 Å². The van der Waals surface area contributed by atoms with Crippen molar-refractivity contribution in [2.75, 3.05) is 45.9 Å². The summed E-state index contributed by atoms with van der Waals surface area (Å²) < 4.78 is 5.27. The lowest BCUT2D eigenvalue weighted by molar-refractivity contribution is 0.0455. The van der Waals surface area contributed by atoms with Gasteiger partial charge in [-0.25, -0.2) is 0 Å². The summed E-state index contributed by atoms with van der Waals surface area (Å²) in [6, 6.07) is 8.85. The van der Waals surface area contributed by atoms with Gasteiger partial charge in [0, 0.05) is 37.6 Å². The third kappa shape index (κ3) is 3.72. The van der Waals surface area contributed by atoms with E-state index in [-0.39, 0.29) is 0 Å². The summed E-state index contributed by atoms with van der Waals surface area (Å²) >= 11 is 1.99. The smallest absolute Gasteiger partial charge is 0.0611 e. The summed E-state index contributed by atoms with van der Waals surface area (Å²) in [5, 5.41) is 4.07. The van der Waals surface area contributed by atoms with E-state index in [9.17, 15) is 0 Å². The number of hydrogen-bond donors (Lipinski definition) is 1. The normalized spacial score (nSPS) is 21.3. The van der Waals surface area contributed by atoms with Crippen LogP contribution in [0.2, 0.25) is 0 Å². The number of benzene rings is 1. The Morgan fingerprint density at radius 1 is 1.21 bits per heavy atom. The zero-order valence-electron chi connectivity index (χ0n) is 11.3. The second-order valence-corrected chi connectivity index (χ2v) is 6.57. The Bertz CT molecular complexity index is 403. The monoisotopic (exact) mass is 278 g/mol. The predicted molar refractivity (Wildman–Crippen MR) is 79.9 cm³/mol. The molecule has 3 rings (SSSR count). The van der Waals surface area contributed by atoms with Crippen LogP contribution < -0.4 is 5.32 Å². The maximum absolute atomic E-state index is 5.27. The second kappa shape index (κ2) is 6.75. The minimum atomic E-state index is 0.667. The van der Waals surface area contributed by atoms with Crippen LogP contribution in [0.25, 0.3) is 0 Å². The fourth-order valence-corrected chi connectivity index (χ4v) is 3.67. The highest BCUT2D eigenvalue weighted by molar-refractivity contribution is 8.00. The number of thioether (sulfide) groups is 1. The first kappa shape index (κ1) is 13.4. The molecular formula is C15H22N2OS. The van der Waals surface area contributed by atoms with Gasteiger partial charge in [-0.3, -0.25) is 0 Å². The molecule has 0 atom stereocenters. The van der Waals surface area contributed by atoms with Crippen molar-refractivity contribution in [2.45, 2.75) is 16.6 Å². The Hall–Kier alpha value is -0.550. The molecule has 1 N–H and O–H groups in total. The lowest BCUT2D eigenvalue weighted by Gasteiger charge is -2.28. The maximum atomic E-state index is 5.27. The minimum Gasteiger partial charge on any atom is -0.379 e. The maximum Gasteiger partial charge on any atom is 0.0611 e. The fourth-order valence-electron chi connectivity index (χ4n) is 2.50. The van der Waals surface area contributed by atoms with Crippen molar-refractivity contribution in [3.8, 4) is 0 Å². The molecule has 0 aromatic heterocycles.